The highest BCUT2D eigenvalue weighted by Gasteiger charge is 2.04. The Labute approximate surface area is 121 Å². The second-order valence-electron chi connectivity index (χ2n) is 3.99. The minimum absolute atomic E-state index is 0.419. The lowest BCUT2D eigenvalue weighted by Crippen LogP contribution is -1.92. The Kier molecular flexibility index (Phi) is 4.42. The van der Waals surface area contributed by atoms with Gasteiger partial charge in [0.2, 0.25) is 0 Å². The third kappa shape index (κ3) is 3.61. The third-order valence-corrected chi connectivity index (χ3v) is 2.87. The predicted molar refractivity (Wildman–Crippen MR) is 76.1 cm³/mol. The topological polar surface area (TPSA) is 64.3 Å². The molecule has 2 rings (SSSR count). The monoisotopic (exact) mass is 292 g/mol. The Morgan fingerprint density at radius 1 is 1.50 bits per heavy atom. The number of carboxylic acids is 1. The number of hydrogen-bond donors (Lipinski definition) is 1. The Hall–Kier alpha value is -2.27. The van der Waals surface area contributed by atoms with Gasteiger partial charge in [-0.3, -0.25) is 4.68 Å². The van der Waals surface area contributed by atoms with Crippen LogP contribution in [0.1, 0.15) is 12.5 Å². The quantitative estimate of drug-likeness (QED) is 0.857. The van der Waals surface area contributed by atoms with Gasteiger partial charge in [-0.25, -0.2) is 4.79 Å². The Balaban J connectivity index is 2.14. The molecule has 0 aliphatic carbocycles. The number of halogens is 1. The van der Waals surface area contributed by atoms with Crippen LogP contribution in [0.15, 0.2) is 36.7 Å². The van der Waals surface area contributed by atoms with E-state index in [9.17, 15) is 4.79 Å². The van der Waals surface area contributed by atoms with Crippen LogP contribution >= 0.6 is 11.6 Å². The first-order chi connectivity index (χ1) is 9.58. The molecular weight excluding hydrogens is 280 g/mol. The van der Waals surface area contributed by atoms with E-state index >= 15 is 0 Å². The molecule has 0 saturated carbocycles. The van der Waals surface area contributed by atoms with Gasteiger partial charge in [0.15, 0.2) is 5.75 Å². The van der Waals surface area contributed by atoms with Gasteiger partial charge in [-0.2, -0.15) is 5.10 Å². The van der Waals surface area contributed by atoms with Gasteiger partial charge in [0, 0.05) is 18.7 Å². The summed E-state index contributed by atoms with van der Waals surface area (Å²) in [6, 6.07) is 5.05. The number of aryl methyl sites for hydroxylation is 1. The maximum absolute atomic E-state index is 10.5. The molecule has 0 atom stereocenters. The molecule has 0 aliphatic rings. The van der Waals surface area contributed by atoms with E-state index in [1.165, 1.54) is 6.08 Å². The first-order valence-electron chi connectivity index (χ1n) is 5.99. The molecular formula is C14H13ClN2O3. The van der Waals surface area contributed by atoms with Gasteiger partial charge in [-0.15, -0.1) is 0 Å². The molecule has 0 fully saturated rings. The molecule has 0 amide bonds. The van der Waals surface area contributed by atoms with Crippen LogP contribution in [0.2, 0.25) is 5.02 Å². The number of aromatic nitrogens is 2. The number of aliphatic carboxylic acids is 1. The van der Waals surface area contributed by atoms with E-state index in [1.807, 2.05) is 6.92 Å². The van der Waals surface area contributed by atoms with Crippen molar-refractivity contribution in [3.63, 3.8) is 0 Å². The Morgan fingerprint density at radius 3 is 2.90 bits per heavy atom. The van der Waals surface area contributed by atoms with Gasteiger partial charge in [0.05, 0.1) is 17.4 Å². The highest BCUT2D eigenvalue weighted by Crippen LogP contribution is 2.27. The van der Waals surface area contributed by atoms with Gasteiger partial charge >= 0.3 is 5.97 Å². The molecule has 1 heterocycles. The molecule has 0 bridgehead atoms. The van der Waals surface area contributed by atoms with Crippen LogP contribution in [0.5, 0.6) is 11.5 Å². The van der Waals surface area contributed by atoms with E-state index in [0.29, 0.717) is 22.1 Å². The first-order valence-corrected chi connectivity index (χ1v) is 6.37. The fourth-order valence-corrected chi connectivity index (χ4v) is 1.81. The molecule has 1 N–H and O–H groups in total. The summed E-state index contributed by atoms with van der Waals surface area (Å²) in [6.45, 7) is 2.75. The summed E-state index contributed by atoms with van der Waals surface area (Å²) in [4.78, 5) is 10.5. The molecule has 0 saturated heterocycles. The summed E-state index contributed by atoms with van der Waals surface area (Å²) < 4.78 is 7.36. The maximum atomic E-state index is 10.5. The summed E-state index contributed by atoms with van der Waals surface area (Å²) in [5.74, 6) is 0.170. The predicted octanol–water partition coefficient (Wildman–Crippen LogP) is 3.45. The smallest absolute Gasteiger partial charge is 0.328 e. The molecule has 20 heavy (non-hydrogen) atoms. The zero-order chi connectivity index (χ0) is 14.5. The SMILES string of the molecule is CCn1cc(Oc2ccc(/C=C/C(=O)O)c(Cl)c2)cn1. The fourth-order valence-electron chi connectivity index (χ4n) is 1.57. The first kappa shape index (κ1) is 14.1. The Bertz CT molecular complexity index is 650. The van der Waals surface area contributed by atoms with Crippen LogP contribution in [0.4, 0.5) is 0 Å². The van der Waals surface area contributed by atoms with Gasteiger partial charge in [-0.1, -0.05) is 11.6 Å². The van der Waals surface area contributed by atoms with Crippen LogP contribution in [0, 0.1) is 0 Å². The van der Waals surface area contributed by atoms with Gasteiger partial charge < -0.3 is 9.84 Å². The number of hydrogen-bond acceptors (Lipinski definition) is 3. The largest absolute Gasteiger partial charge is 0.478 e. The van der Waals surface area contributed by atoms with Crippen molar-refractivity contribution in [2.45, 2.75) is 13.5 Å². The second kappa shape index (κ2) is 6.25. The molecule has 5 nitrogen and oxygen atoms in total. The summed E-state index contributed by atoms with van der Waals surface area (Å²) in [6.07, 6.45) is 5.87. The molecule has 1 aromatic heterocycles. The van der Waals surface area contributed by atoms with Crippen LogP contribution in [0.25, 0.3) is 6.08 Å². The van der Waals surface area contributed by atoms with E-state index in [4.69, 9.17) is 21.4 Å². The lowest BCUT2D eigenvalue weighted by atomic mass is 10.2. The standard InChI is InChI=1S/C14H13ClN2O3/c1-2-17-9-12(8-16-17)20-11-5-3-10(13(15)7-11)4-6-14(18)19/h3-9H,2H2,1H3,(H,18,19)/b6-4+. The van der Waals surface area contributed by atoms with Crippen molar-refractivity contribution in [1.29, 1.82) is 0 Å². The molecule has 2 aromatic rings. The van der Waals surface area contributed by atoms with E-state index in [-0.39, 0.29) is 0 Å². The summed E-state index contributed by atoms with van der Waals surface area (Å²) in [5.41, 5.74) is 0.616. The van der Waals surface area contributed by atoms with Crippen LogP contribution in [-0.2, 0) is 11.3 Å². The van der Waals surface area contributed by atoms with Crippen molar-refractivity contribution in [3.8, 4) is 11.5 Å². The summed E-state index contributed by atoms with van der Waals surface area (Å²) >= 11 is 6.07. The molecule has 6 heteroatoms. The number of ether oxygens (including phenoxy) is 1. The fraction of sp³-hybridized carbons (Fsp3) is 0.143. The number of rotatable bonds is 5. The average Bonchev–Trinajstić information content (AvgIpc) is 2.85. The average molecular weight is 293 g/mol. The summed E-state index contributed by atoms with van der Waals surface area (Å²) in [5, 5.41) is 13.1. The van der Waals surface area contributed by atoms with Crippen molar-refractivity contribution < 1.29 is 14.6 Å². The highest BCUT2D eigenvalue weighted by molar-refractivity contribution is 6.32. The number of carbonyl (C=O) groups is 1. The van der Waals surface area contributed by atoms with Crippen molar-refractivity contribution in [2.75, 3.05) is 0 Å². The minimum atomic E-state index is -1.02. The maximum Gasteiger partial charge on any atom is 0.328 e. The highest BCUT2D eigenvalue weighted by atomic mass is 35.5. The van der Waals surface area contributed by atoms with Crippen molar-refractivity contribution in [2.24, 2.45) is 0 Å². The van der Waals surface area contributed by atoms with Gasteiger partial charge in [-0.05, 0) is 30.7 Å². The van der Waals surface area contributed by atoms with Crippen molar-refractivity contribution in [1.82, 2.24) is 9.78 Å². The van der Waals surface area contributed by atoms with E-state index in [1.54, 1.807) is 35.3 Å². The molecule has 104 valence electrons. The zero-order valence-electron chi connectivity index (χ0n) is 10.8. The third-order valence-electron chi connectivity index (χ3n) is 2.55. The lowest BCUT2D eigenvalue weighted by molar-refractivity contribution is -0.131. The van der Waals surface area contributed by atoms with Crippen LogP contribution in [0.3, 0.4) is 0 Å². The number of carboxylic acid groups (broad SMARTS) is 1. The second-order valence-corrected chi connectivity index (χ2v) is 4.40. The van der Waals surface area contributed by atoms with E-state index in [0.717, 1.165) is 12.6 Å². The lowest BCUT2D eigenvalue weighted by Gasteiger charge is -2.05. The number of nitrogens with zero attached hydrogens (tertiary/aromatic N) is 2. The van der Waals surface area contributed by atoms with Gasteiger partial charge in [0.25, 0.3) is 0 Å². The van der Waals surface area contributed by atoms with Crippen molar-refractivity contribution in [3.05, 3.63) is 47.3 Å². The molecule has 0 aliphatic heterocycles. The van der Waals surface area contributed by atoms with Crippen LogP contribution in [-0.4, -0.2) is 20.9 Å². The molecule has 0 unspecified atom stereocenters. The minimum Gasteiger partial charge on any atom is -0.478 e. The molecule has 1 aromatic carbocycles. The molecule has 0 spiro atoms. The number of benzene rings is 1. The normalized spacial score (nSPS) is 10.9. The van der Waals surface area contributed by atoms with Crippen LogP contribution < -0.4 is 4.74 Å². The van der Waals surface area contributed by atoms with E-state index < -0.39 is 5.97 Å². The summed E-state index contributed by atoms with van der Waals surface area (Å²) in [7, 11) is 0. The van der Waals surface area contributed by atoms with Crippen molar-refractivity contribution >= 4 is 23.6 Å². The Morgan fingerprint density at radius 2 is 2.30 bits per heavy atom. The molecule has 0 radical (unpaired) electrons. The van der Waals surface area contributed by atoms with Gasteiger partial charge in [0.1, 0.15) is 5.75 Å². The van der Waals surface area contributed by atoms with E-state index in [2.05, 4.69) is 5.10 Å². The zero-order valence-corrected chi connectivity index (χ0v) is 11.5.